The molecule has 0 N–H and O–H groups in total. The highest BCUT2D eigenvalue weighted by molar-refractivity contribution is 7.10. The molecule has 0 bridgehead atoms. The van der Waals surface area contributed by atoms with Crippen molar-refractivity contribution in [1.82, 2.24) is 4.90 Å². The minimum Gasteiger partial charge on any atom is -0.329 e. The fourth-order valence-electron chi connectivity index (χ4n) is 4.66. The van der Waals surface area contributed by atoms with Crippen LogP contribution in [0.2, 0.25) is 0 Å². The zero-order valence-corrected chi connectivity index (χ0v) is 19.9. The number of carbonyl (C=O) groups excluding carboxylic acids is 2. The maximum Gasteiger partial charge on any atom is 0.254 e. The molecule has 0 radical (unpaired) electrons. The summed E-state index contributed by atoms with van der Waals surface area (Å²) in [4.78, 5) is 32.7. The second-order valence-electron chi connectivity index (χ2n) is 8.80. The molecule has 0 unspecified atom stereocenters. The van der Waals surface area contributed by atoms with Crippen molar-refractivity contribution < 1.29 is 9.59 Å². The average molecular weight is 447 g/mol. The minimum absolute atomic E-state index is 0.00959. The number of rotatable bonds is 6. The number of aryl methyl sites for hydroxylation is 1. The number of nitrogens with zero attached hydrogens (tertiary/aromatic N) is 2. The predicted octanol–water partition coefficient (Wildman–Crippen LogP) is 6.05. The van der Waals surface area contributed by atoms with E-state index in [0.717, 1.165) is 21.7 Å². The van der Waals surface area contributed by atoms with E-state index in [1.807, 2.05) is 89.7 Å². The van der Waals surface area contributed by atoms with Gasteiger partial charge >= 0.3 is 0 Å². The van der Waals surface area contributed by atoms with Gasteiger partial charge in [-0.2, -0.15) is 0 Å². The SMILES string of the molecule is CCN(C(=O)[C@H]1c2ccccc2C(=O)N(CC(C)C)[C@H]1c1cccs1)c1cccc(C)c1. The number of hydrogen-bond donors (Lipinski definition) is 0. The second-order valence-corrected chi connectivity index (χ2v) is 9.78. The number of fused-ring (bicyclic) bond motifs is 1. The second kappa shape index (κ2) is 9.29. The van der Waals surface area contributed by atoms with E-state index in [9.17, 15) is 9.59 Å². The van der Waals surface area contributed by atoms with Gasteiger partial charge in [0.2, 0.25) is 5.91 Å². The largest absolute Gasteiger partial charge is 0.329 e. The molecule has 5 heteroatoms. The van der Waals surface area contributed by atoms with Gasteiger partial charge in [-0.05, 0) is 60.5 Å². The lowest BCUT2D eigenvalue weighted by molar-refractivity contribution is -0.121. The van der Waals surface area contributed by atoms with Gasteiger partial charge in [0.15, 0.2) is 0 Å². The number of hydrogen-bond acceptors (Lipinski definition) is 3. The minimum atomic E-state index is -0.457. The molecular weight excluding hydrogens is 416 g/mol. The Hall–Kier alpha value is -2.92. The monoisotopic (exact) mass is 446 g/mol. The highest BCUT2D eigenvalue weighted by Gasteiger charge is 2.46. The molecule has 166 valence electrons. The van der Waals surface area contributed by atoms with Gasteiger partial charge in [0.05, 0.1) is 12.0 Å². The van der Waals surface area contributed by atoms with Crippen molar-refractivity contribution in [3.8, 4) is 0 Å². The number of thiophene rings is 1. The lowest BCUT2D eigenvalue weighted by atomic mass is 9.80. The van der Waals surface area contributed by atoms with Gasteiger partial charge in [0, 0.05) is 29.2 Å². The van der Waals surface area contributed by atoms with Crippen LogP contribution in [0.3, 0.4) is 0 Å². The van der Waals surface area contributed by atoms with E-state index in [2.05, 4.69) is 13.8 Å². The van der Waals surface area contributed by atoms with Crippen molar-refractivity contribution >= 4 is 28.8 Å². The van der Waals surface area contributed by atoms with Gasteiger partial charge in [0.25, 0.3) is 5.91 Å². The Balaban J connectivity index is 1.88. The summed E-state index contributed by atoms with van der Waals surface area (Å²) >= 11 is 1.61. The van der Waals surface area contributed by atoms with Crippen molar-refractivity contribution in [3.05, 3.63) is 87.6 Å². The molecule has 32 heavy (non-hydrogen) atoms. The van der Waals surface area contributed by atoms with Crippen LogP contribution >= 0.6 is 11.3 Å². The third-order valence-corrected chi connectivity index (χ3v) is 6.94. The lowest BCUT2D eigenvalue weighted by Gasteiger charge is -2.43. The fraction of sp³-hybridized carbons (Fsp3) is 0.333. The van der Waals surface area contributed by atoms with Crippen molar-refractivity contribution in [2.75, 3.05) is 18.0 Å². The number of amides is 2. The van der Waals surface area contributed by atoms with E-state index in [1.54, 1.807) is 11.3 Å². The Morgan fingerprint density at radius 3 is 2.53 bits per heavy atom. The van der Waals surface area contributed by atoms with E-state index in [4.69, 9.17) is 0 Å². The highest BCUT2D eigenvalue weighted by Crippen LogP contribution is 2.45. The first-order valence-corrected chi connectivity index (χ1v) is 12.1. The molecular formula is C27H30N2O2S. The predicted molar refractivity (Wildman–Crippen MR) is 131 cm³/mol. The van der Waals surface area contributed by atoms with Crippen LogP contribution < -0.4 is 4.90 Å². The molecule has 4 nitrogen and oxygen atoms in total. The standard InChI is InChI=1S/C27H30N2O2S/c1-5-28(20-11-8-10-19(4)16-20)27(31)24-21-12-6-7-13-22(21)26(30)29(17-18(2)3)25(24)23-14-9-15-32-23/h6-16,18,24-25H,5,17H2,1-4H3/t24-,25-/m0/s1. The Morgan fingerprint density at radius 1 is 1.09 bits per heavy atom. The summed E-state index contributed by atoms with van der Waals surface area (Å²) in [5, 5.41) is 2.02. The average Bonchev–Trinajstić information content (AvgIpc) is 3.30. The van der Waals surface area contributed by atoms with Crippen LogP contribution in [-0.4, -0.2) is 29.8 Å². The molecule has 0 fully saturated rings. The summed E-state index contributed by atoms with van der Waals surface area (Å²) in [6.45, 7) is 9.44. The molecule has 1 aliphatic heterocycles. The van der Waals surface area contributed by atoms with Crippen molar-refractivity contribution in [2.45, 2.75) is 39.7 Å². The van der Waals surface area contributed by atoms with Crippen molar-refractivity contribution in [1.29, 1.82) is 0 Å². The quantitative estimate of drug-likeness (QED) is 0.463. The van der Waals surface area contributed by atoms with Gasteiger partial charge in [0.1, 0.15) is 0 Å². The molecule has 3 aromatic rings. The molecule has 2 heterocycles. The first kappa shape index (κ1) is 22.3. The maximum absolute atomic E-state index is 14.2. The van der Waals surface area contributed by atoms with Crippen LogP contribution in [0, 0.1) is 12.8 Å². The van der Waals surface area contributed by atoms with Crippen LogP contribution in [-0.2, 0) is 4.79 Å². The first-order chi connectivity index (χ1) is 15.4. The number of anilines is 1. The first-order valence-electron chi connectivity index (χ1n) is 11.2. The maximum atomic E-state index is 14.2. The summed E-state index contributed by atoms with van der Waals surface area (Å²) in [6.07, 6.45) is 0. The molecule has 4 rings (SSSR count). The smallest absolute Gasteiger partial charge is 0.254 e. The van der Waals surface area contributed by atoms with Crippen molar-refractivity contribution in [3.63, 3.8) is 0 Å². The van der Waals surface area contributed by atoms with Gasteiger partial charge in [-0.1, -0.05) is 50.2 Å². The summed E-state index contributed by atoms with van der Waals surface area (Å²) in [7, 11) is 0. The number of likely N-dealkylation sites (N-methyl/N-ethyl adjacent to an activating group) is 1. The Bertz CT molecular complexity index is 1110. The molecule has 0 aliphatic carbocycles. The third kappa shape index (κ3) is 4.09. The Kier molecular flexibility index (Phi) is 6.47. The van der Waals surface area contributed by atoms with Crippen LogP contribution in [0.25, 0.3) is 0 Å². The topological polar surface area (TPSA) is 40.6 Å². The van der Waals surface area contributed by atoms with E-state index >= 15 is 0 Å². The summed E-state index contributed by atoms with van der Waals surface area (Å²) in [6, 6.07) is 19.4. The van der Waals surface area contributed by atoms with Gasteiger partial charge < -0.3 is 9.80 Å². The highest BCUT2D eigenvalue weighted by atomic mass is 32.1. The zero-order valence-electron chi connectivity index (χ0n) is 19.1. The Morgan fingerprint density at radius 2 is 1.88 bits per heavy atom. The van der Waals surface area contributed by atoms with Crippen LogP contribution in [0.5, 0.6) is 0 Å². The van der Waals surface area contributed by atoms with Crippen molar-refractivity contribution in [2.24, 2.45) is 5.92 Å². The molecule has 0 spiro atoms. The van der Waals surface area contributed by atoms with E-state index < -0.39 is 5.92 Å². The Labute approximate surface area is 194 Å². The van der Waals surface area contributed by atoms with Crippen LogP contribution in [0.4, 0.5) is 5.69 Å². The number of benzene rings is 2. The zero-order chi connectivity index (χ0) is 22.8. The molecule has 0 saturated carbocycles. The molecule has 2 atom stereocenters. The summed E-state index contributed by atoms with van der Waals surface area (Å²) in [5.41, 5.74) is 3.48. The molecule has 0 saturated heterocycles. The van der Waals surface area contributed by atoms with E-state index in [-0.39, 0.29) is 17.9 Å². The summed E-state index contributed by atoms with van der Waals surface area (Å²) in [5.74, 6) is -0.121. The van der Waals surface area contributed by atoms with Gasteiger partial charge in [-0.15, -0.1) is 11.3 Å². The summed E-state index contributed by atoms with van der Waals surface area (Å²) < 4.78 is 0. The fourth-order valence-corrected chi connectivity index (χ4v) is 5.53. The lowest BCUT2D eigenvalue weighted by Crippen LogP contribution is -2.49. The molecule has 2 amide bonds. The third-order valence-electron chi connectivity index (χ3n) is 6.00. The molecule has 2 aromatic carbocycles. The van der Waals surface area contributed by atoms with E-state index in [1.165, 1.54) is 0 Å². The molecule has 1 aliphatic rings. The normalized spacial score (nSPS) is 18.0. The van der Waals surface area contributed by atoms with Crippen LogP contribution in [0.15, 0.2) is 66.0 Å². The van der Waals surface area contributed by atoms with Gasteiger partial charge in [-0.25, -0.2) is 0 Å². The number of carbonyl (C=O) groups is 2. The molecule has 1 aromatic heterocycles. The van der Waals surface area contributed by atoms with E-state index in [0.29, 0.717) is 24.6 Å². The van der Waals surface area contributed by atoms with Crippen LogP contribution in [0.1, 0.15) is 59.1 Å². The van der Waals surface area contributed by atoms with Gasteiger partial charge in [-0.3, -0.25) is 9.59 Å².